The monoisotopic (exact) mass is 512 g/mol. The second kappa shape index (κ2) is 12.3. The van der Waals surface area contributed by atoms with Crippen LogP contribution in [0.2, 0.25) is 0 Å². The molecule has 194 valence electrons. The van der Waals surface area contributed by atoms with Gasteiger partial charge in [0.2, 0.25) is 0 Å². The van der Waals surface area contributed by atoms with E-state index in [1.807, 2.05) is 61.5 Å². The molecule has 10 heteroatoms. The maximum absolute atomic E-state index is 12.4. The maximum Gasteiger partial charge on any atom is 0.319 e. The average molecular weight is 513 g/mol. The number of hydrogen-bond acceptors (Lipinski definition) is 7. The number of amides is 2. The minimum Gasteiger partial charge on any atom is -0.466 e. The number of para-hydroxylation sites is 1. The molecule has 2 aromatic heterocycles. The lowest BCUT2D eigenvalue weighted by atomic mass is 10.1. The number of nitrogens with zero attached hydrogens (tertiary/aromatic N) is 3. The predicted octanol–water partition coefficient (Wildman–Crippen LogP) is 5.52. The Labute approximate surface area is 220 Å². The van der Waals surface area contributed by atoms with Gasteiger partial charge in [0.15, 0.2) is 0 Å². The standard InChI is InChI=1S/C28H28N6O4/c1-3-37-25(35)10-7-15-30-28(36)33-24-18-34-27(19(24)2)26(20(16-29)17-31-34)32-21-11-13-23(14-12-21)38-22-8-5-4-6-9-22/h4-6,8-9,11-14,17-18,32H,3,7,10,15H2,1-2H3,(H2,30,33,36). The molecule has 0 fully saturated rings. The van der Waals surface area contributed by atoms with Gasteiger partial charge < -0.3 is 25.4 Å². The van der Waals surface area contributed by atoms with Crippen LogP contribution >= 0.6 is 0 Å². The third-order valence-corrected chi connectivity index (χ3v) is 5.68. The number of aromatic nitrogens is 2. The van der Waals surface area contributed by atoms with Crippen LogP contribution < -0.4 is 20.7 Å². The third kappa shape index (κ3) is 6.39. The van der Waals surface area contributed by atoms with Crippen molar-refractivity contribution < 1.29 is 19.1 Å². The molecule has 0 atom stereocenters. The molecule has 0 aliphatic carbocycles. The molecule has 0 bridgehead atoms. The Hall–Kier alpha value is -5.04. The molecule has 0 saturated carbocycles. The SMILES string of the molecule is CCOC(=O)CCCNC(=O)Nc1cn2ncc(C#N)c(Nc3ccc(Oc4ccccc4)cc3)c2c1C. The number of benzene rings is 2. The van der Waals surface area contributed by atoms with E-state index in [2.05, 4.69) is 27.1 Å². The Morgan fingerprint density at radius 1 is 1.08 bits per heavy atom. The fourth-order valence-electron chi connectivity index (χ4n) is 3.84. The van der Waals surface area contributed by atoms with E-state index >= 15 is 0 Å². The summed E-state index contributed by atoms with van der Waals surface area (Å²) in [5.41, 5.74) is 3.63. The second-order valence-electron chi connectivity index (χ2n) is 8.36. The van der Waals surface area contributed by atoms with Crippen LogP contribution in [0, 0.1) is 18.3 Å². The van der Waals surface area contributed by atoms with E-state index in [4.69, 9.17) is 9.47 Å². The molecular formula is C28H28N6O4. The van der Waals surface area contributed by atoms with Gasteiger partial charge >= 0.3 is 12.0 Å². The van der Waals surface area contributed by atoms with E-state index in [-0.39, 0.29) is 12.4 Å². The molecular weight excluding hydrogens is 484 g/mol. The van der Waals surface area contributed by atoms with Gasteiger partial charge in [-0.2, -0.15) is 10.4 Å². The molecule has 2 aromatic carbocycles. The Kier molecular flexibility index (Phi) is 8.41. The van der Waals surface area contributed by atoms with Gasteiger partial charge in [-0.15, -0.1) is 0 Å². The molecule has 4 rings (SSSR count). The van der Waals surface area contributed by atoms with Crippen molar-refractivity contribution in [3.8, 4) is 17.6 Å². The number of carbonyl (C=O) groups is 2. The van der Waals surface area contributed by atoms with Crippen LogP contribution in [0.1, 0.15) is 30.9 Å². The largest absolute Gasteiger partial charge is 0.466 e. The molecule has 2 amide bonds. The van der Waals surface area contributed by atoms with Crippen LogP contribution in [0.15, 0.2) is 67.0 Å². The molecule has 0 radical (unpaired) electrons. The van der Waals surface area contributed by atoms with Crippen molar-refractivity contribution >= 4 is 34.6 Å². The van der Waals surface area contributed by atoms with Crippen molar-refractivity contribution in [2.75, 3.05) is 23.8 Å². The fraction of sp³-hybridized carbons (Fsp3) is 0.214. The Bertz CT molecular complexity index is 1460. The fourth-order valence-corrected chi connectivity index (χ4v) is 3.84. The number of anilines is 3. The second-order valence-corrected chi connectivity index (χ2v) is 8.36. The summed E-state index contributed by atoms with van der Waals surface area (Å²) in [5.74, 6) is 1.13. The summed E-state index contributed by atoms with van der Waals surface area (Å²) in [6.45, 7) is 4.25. The summed E-state index contributed by atoms with van der Waals surface area (Å²) >= 11 is 0. The first-order chi connectivity index (χ1) is 18.5. The summed E-state index contributed by atoms with van der Waals surface area (Å²) in [5, 5.41) is 22.9. The van der Waals surface area contributed by atoms with Crippen molar-refractivity contribution in [3.05, 3.63) is 78.1 Å². The summed E-state index contributed by atoms with van der Waals surface area (Å²) in [6.07, 6.45) is 3.87. The Balaban J connectivity index is 1.47. The van der Waals surface area contributed by atoms with E-state index in [0.717, 1.165) is 17.0 Å². The molecule has 10 nitrogen and oxygen atoms in total. The van der Waals surface area contributed by atoms with E-state index in [9.17, 15) is 14.9 Å². The van der Waals surface area contributed by atoms with Gasteiger partial charge in [-0.3, -0.25) is 4.79 Å². The van der Waals surface area contributed by atoms with Crippen LogP contribution in [-0.2, 0) is 9.53 Å². The van der Waals surface area contributed by atoms with Crippen LogP contribution in [0.4, 0.5) is 21.9 Å². The summed E-state index contributed by atoms with van der Waals surface area (Å²) < 4.78 is 12.3. The van der Waals surface area contributed by atoms with Crippen LogP contribution in [0.3, 0.4) is 0 Å². The summed E-state index contributed by atoms with van der Waals surface area (Å²) in [6, 6.07) is 18.7. The number of nitrogens with one attached hydrogen (secondary N) is 3. The van der Waals surface area contributed by atoms with Crippen molar-refractivity contribution in [3.63, 3.8) is 0 Å². The Morgan fingerprint density at radius 3 is 2.53 bits per heavy atom. The lowest BCUT2D eigenvalue weighted by Crippen LogP contribution is -2.30. The number of fused-ring (bicyclic) bond motifs is 1. The molecule has 3 N–H and O–H groups in total. The zero-order chi connectivity index (χ0) is 26.9. The van der Waals surface area contributed by atoms with Crippen molar-refractivity contribution in [1.29, 1.82) is 5.26 Å². The van der Waals surface area contributed by atoms with Gasteiger partial charge in [0, 0.05) is 24.2 Å². The van der Waals surface area contributed by atoms with Gasteiger partial charge in [0.1, 0.15) is 17.6 Å². The quantitative estimate of drug-likeness (QED) is 0.189. The van der Waals surface area contributed by atoms with Gasteiger partial charge in [-0.25, -0.2) is 9.31 Å². The van der Waals surface area contributed by atoms with Gasteiger partial charge in [0.25, 0.3) is 0 Å². The van der Waals surface area contributed by atoms with Gasteiger partial charge in [-0.05, 0) is 56.7 Å². The molecule has 4 aromatic rings. The van der Waals surface area contributed by atoms with E-state index in [1.54, 1.807) is 17.6 Å². The van der Waals surface area contributed by atoms with Crippen LogP contribution in [0.5, 0.6) is 11.5 Å². The normalized spacial score (nSPS) is 10.4. The molecule has 0 aliphatic heterocycles. The number of carbonyl (C=O) groups excluding carboxylic acids is 2. The average Bonchev–Trinajstić information content (AvgIpc) is 3.23. The minimum atomic E-state index is -0.406. The first-order valence-electron chi connectivity index (χ1n) is 12.2. The molecule has 2 heterocycles. The minimum absolute atomic E-state index is 0.235. The molecule has 0 spiro atoms. The molecule has 0 saturated heterocycles. The zero-order valence-corrected chi connectivity index (χ0v) is 21.2. The van der Waals surface area contributed by atoms with Crippen molar-refractivity contribution in [2.45, 2.75) is 26.7 Å². The molecule has 0 aliphatic rings. The van der Waals surface area contributed by atoms with E-state index < -0.39 is 6.03 Å². The first kappa shape index (κ1) is 26.0. The number of nitriles is 1. The lowest BCUT2D eigenvalue weighted by Gasteiger charge is -2.12. The highest BCUT2D eigenvalue weighted by Gasteiger charge is 2.17. The number of ether oxygens (including phenoxy) is 2. The summed E-state index contributed by atoms with van der Waals surface area (Å²) in [4.78, 5) is 23.9. The number of hydrogen-bond donors (Lipinski definition) is 3. The highest BCUT2D eigenvalue weighted by molar-refractivity contribution is 5.94. The molecule has 38 heavy (non-hydrogen) atoms. The van der Waals surface area contributed by atoms with Crippen molar-refractivity contribution in [2.24, 2.45) is 0 Å². The van der Waals surface area contributed by atoms with E-state index in [1.165, 1.54) is 6.20 Å². The molecule has 0 unspecified atom stereocenters. The van der Waals surface area contributed by atoms with E-state index in [0.29, 0.717) is 47.8 Å². The third-order valence-electron chi connectivity index (χ3n) is 5.68. The highest BCUT2D eigenvalue weighted by Crippen LogP contribution is 2.33. The highest BCUT2D eigenvalue weighted by atomic mass is 16.5. The van der Waals surface area contributed by atoms with Crippen LogP contribution in [0.25, 0.3) is 5.52 Å². The first-order valence-corrected chi connectivity index (χ1v) is 12.2. The predicted molar refractivity (Wildman–Crippen MR) is 144 cm³/mol. The number of esters is 1. The van der Waals surface area contributed by atoms with Crippen LogP contribution in [-0.4, -0.2) is 34.8 Å². The lowest BCUT2D eigenvalue weighted by molar-refractivity contribution is -0.143. The summed E-state index contributed by atoms with van der Waals surface area (Å²) in [7, 11) is 0. The van der Waals surface area contributed by atoms with Gasteiger partial charge in [-0.1, -0.05) is 18.2 Å². The topological polar surface area (TPSA) is 130 Å². The Morgan fingerprint density at radius 2 is 1.82 bits per heavy atom. The number of rotatable bonds is 10. The number of aryl methyl sites for hydroxylation is 1. The maximum atomic E-state index is 12.4. The van der Waals surface area contributed by atoms with Crippen molar-refractivity contribution in [1.82, 2.24) is 14.9 Å². The smallest absolute Gasteiger partial charge is 0.319 e. The number of urea groups is 1. The van der Waals surface area contributed by atoms with Gasteiger partial charge in [0.05, 0.1) is 41.5 Å². The zero-order valence-electron chi connectivity index (χ0n) is 21.2.